The molecule has 1 saturated heterocycles. The van der Waals surface area contributed by atoms with Crippen LogP contribution in [-0.4, -0.2) is 96.4 Å². The number of ether oxygens (including phenoxy) is 3. The Bertz CT molecular complexity index is 2180. The molecule has 1 aromatic carbocycles. The molecule has 18 nitrogen and oxygen atoms in total. The summed E-state index contributed by atoms with van der Waals surface area (Å²) in [6.07, 6.45) is 4.67. The van der Waals surface area contributed by atoms with E-state index in [1.165, 1.54) is 16.7 Å². The molecule has 3 amide bonds. The van der Waals surface area contributed by atoms with Gasteiger partial charge in [0.05, 0.1) is 20.2 Å². The number of pyridine rings is 1. The number of unbranched alkanes of at least 4 members (excludes halogenated alkanes) is 1. The average molecular weight is 822 g/mol. The van der Waals surface area contributed by atoms with Gasteiger partial charge in [0, 0.05) is 22.9 Å². The number of rotatable bonds is 16. The molecule has 1 fully saturated rings. The molecule has 2 aliphatic heterocycles. The molecule has 4 N–H and O–H groups in total. The molecule has 4 aromatic rings. The fraction of sp³-hybridized carbons (Fsp3) is 0.432. The van der Waals surface area contributed by atoms with Gasteiger partial charge in [-0.3, -0.25) is 24.4 Å². The molecular formula is C37H45N10O8S2+. The van der Waals surface area contributed by atoms with E-state index in [2.05, 4.69) is 34.7 Å². The Morgan fingerprint density at radius 3 is 2.65 bits per heavy atom. The van der Waals surface area contributed by atoms with E-state index < -0.39 is 40.9 Å². The van der Waals surface area contributed by atoms with Gasteiger partial charge in [0.1, 0.15) is 47.9 Å². The van der Waals surface area contributed by atoms with E-state index in [1.807, 2.05) is 23.0 Å². The lowest BCUT2D eigenvalue weighted by molar-refractivity contribution is -0.665. The van der Waals surface area contributed by atoms with Crippen molar-refractivity contribution < 1.29 is 42.8 Å². The summed E-state index contributed by atoms with van der Waals surface area (Å²) in [5.74, 6) is -1.11. The number of hydrogen-bond donors (Lipinski definition) is 3. The van der Waals surface area contributed by atoms with E-state index in [1.54, 1.807) is 65.3 Å². The first-order valence-electron chi connectivity index (χ1n) is 18.3. The second-order valence-electron chi connectivity index (χ2n) is 13.9. The number of oxime groups is 1. The van der Waals surface area contributed by atoms with Gasteiger partial charge in [-0.05, 0) is 76.9 Å². The number of aromatic nitrogens is 5. The number of esters is 1. The molecule has 6 rings (SSSR count). The quantitative estimate of drug-likeness (QED) is 0.0370. The number of thioether (sulfide) groups is 1. The number of nitrogens with one attached hydrogen (secondary N) is 2. The highest BCUT2D eigenvalue weighted by Gasteiger charge is 2.55. The molecule has 0 saturated carbocycles. The van der Waals surface area contributed by atoms with Crippen LogP contribution < -0.4 is 25.7 Å². The maximum absolute atomic E-state index is 14.0. The molecule has 2 atom stereocenters. The number of benzene rings is 1. The molecule has 20 heteroatoms. The number of anilines is 1. The van der Waals surface area contributed by atoms with Crippen molar-refractivity contribution in [3.8, 4) is 5.75 Å². The van der Waals surface area contributed by atoms with Crippen LogP contribution in [0.5, 0.6) is 5.75 Å². The molecule has 0 radical (unpaired) electrons. The van der Waals surface area contributed by atoms with Gasteiger partial charge < -0.3 is 30.1 Å². The van der Waals surface area contributed by atoms with Gasteiger partial charge in [0.25, 0.3) is 11.8 Å². The number of amides is 3. The Hall–Kier alpha value is -5.60. The predicted molar refractivity (Wildman–Crippen MR) is 211 cm³/mol. The smallest absolute Gasteiger partial charge is 0.414 e. The lowest BCUT2D eigenvalue weighted by Gasteiger charge is -2.49. The highest BCUT2D eigenvalue weighted by molar-refractivity contribution is 8.00. The number of imidazole rings is 1. The van der Waals surface area contributed by atoms with Crippen molar-refractivity contribution in [3.05, 3.63) is 71.6 Å². The number of methoxy groups -OCH3 is 1. The first-order chi connectivity index (χ1) is 27.4. The normalized spacial score (nSPS) is 16.8. The summed E-state index contributed by atoms with van der Waals surface area (Å²) in [5, 5.41) is 8.57. The number of nitrogens with zero attached hydrogens (tertiary/aromatic N) is 7. The molecule has 0 bridgehead atoms. The van der Waals surface area contributed by atoms with Crippen molar-refractivity contribution >= 4 is 69.2 Å². The van der Waals surface area contributed by atoms with E-state index in [-0.39, 0.29) is 42.1 Å². The Balaban J connectivity index is 1.24. The molecular weight excluding hydrogens is 777 g/mol. The summed E-state index contributed by atoms with van der Waals surface area (Å²) in [4.78, 5) is 69.5. The van der Waals surface area contributed by atoms with E-state index in [0.29, 0.717) is 23.6 Å². The third-order valence-electron chi connectivity index (χ3n) is 8.64. The Labute approximate surface area is 336 Å². The molecule has 3 aromatic heterocycles. The summed E-state index contributed by atoms with van der Waals surface area (Å²) in [6, 6.07) is 9.94. The van der Waals surface area contributed by atoms with Crippen molar-refractivity contribution in [3.63, 3.8) is 0 Å². The minimum atomic E-state index is -1.03. The first kappa shape index (κ1) is 41.0. The molecule has 2 aliphatic rings. The fourth-order valence-corrected chi connectivity index (χ4v) is 7.95. The molecule has 57 heavy (non-hydrogen) atoms. The highest BCUT2D eigenvalue weighted by Crippen LogP contribution is 2.41. The van der Waals surface area contributed by atoms with E-state index in [4.69, 9.17) is 24.8 Å². The number of carbonyl (C=O) groups excluding carboxylic acids is 4. The lowest BCUT2D eigenvalue weighted by Crippen LogP contribution is -2.71. The first-order valence-corrected chi connectivity index (χ1v) is 20.1. The minimum Gasteiger partial charge on any atom is -0.497 e. The van der Waals surface area contributed by atoms with E-state index in [0.717, 1.165) is 47.6 Å². The second kappa shape index (κ2) is 18.1. The monoisotopic (exact) mass is 821 g/mol. The number of hydrogen-bond acceptors (Lipinski definition) is 15. The minimum absolute atomic E-state index is 0.0442. The zero-order valence-electron chi connectivity index (χ0n) is 32.2. The SMILES string of the molecule is CCO/N=C(\C(=O)NC1C(=O)N2C(C(=O)OCc3ccc(OC)cc3)=C(C[n+]3cn(CCCCN)c4cccnc43)CSC12)c1nsc(NC(=O)OC(C)(C)C)n1. The zero-order chi connectivity index (χ0) is 40.7. The lowest BCUT2D eigenvalue weighted by atomic mass is 10.0. The second-order valence-corrected chi connectivity index (χ2v) is 15.8. The van der Waals surface area contributed by atoms with Gasteiger partial charge in [-0.15, -0.1) is 16.7 Å². The van der Waals surface area contributed by atoms with Gasteiger partial charge >= 0.3 is 17.7 Å². The molecule has 302 valence electrons. The van der Waals surface area contributed by atoms with Gasteiger partial charge in [-0.1, -0.05) is 17.3 Å². The summed E-state index contributed by atoms with van der Waals surface area (Å²) in [7, 11) is 1.57. The largest absolute Gasteiger partial charge is 0.497 e. The summed E-state index contributed by atoms with van der Waals surface area (Å²) >= 11 is 2.21. The van der Waals surface area contributed by atoms with Crippen LogP contribution in [-0.2, 0) is 48.4 Å². The maximum Gasteiger partial charge on any atom is 0.414 e. The van der Waals surface area contributed by atoms with Gasteiger partial charge in [0.15, 0.2) is 11.8 Å². The van der Waals surface area contributed by atoms with Crippen LogP contribution in [0.3, 0.4) is 0 Å². The van der Waals surface area contributed by atoms with E-state index in [9.17, 15) is 19.2 Å². The van der Waals surface area contributed by atoms with Crippen LogP contribution in [0.15, 0.2) is 65.3 Å². The number of carbonyl (C=O) groups is 4. The predicted octanol–water partition coefficient (Wildman–Crippen LogP) is 3.11. The van der Waals surface area contributed by atoms with Crippen LogP contribution in [0.4, 0.5) is 9.93 Å². The van der Waals surface area contributed by atoms with Crippen molar-refractivity contribution in [1.82, 2.24) is 29.1 Å². The Morgan fingerprint density at radius 1 is 1.14 bits per heavy atom. The van der Waals surface area contributed by atoms with Crippen molar-refractivity contribution in [1.29, 1.82) is 0 Å². The summed E-state index contributed by atoms with van der Waals surface area (Å²) in [6.45, 7) is 8.51. The van der Waals surface area contributed by atoms with Crippen LogP contribution >= 0.6 is 23.3 Å². The Kier molecular flexibility index (Phi) is 13.0. The van der Waals surface area contributed by atoms with Crippen LogP contribution in [0.1, 0.15) is 51.9 Å². The molecule has 5 heterocycles. The topological polar surface area (TPSA) is 218 Å². The molecule has 0 aliphatic carbocycles. The summed E-state index contributed by atoms with van der Waals surface area (Å²) < 4.78 is 24.6. The van der Waals surface area contributed by atoms with Crippen molar-refractivity contribution in [2.24, 2.45) is 10.9 Å². The van der Waals surface area contributed by atoms with Gasteiger partial charge in [0.2, 0.25) is 16.7 Å². The maximum atomic E-state index is 14.0. The number of β-lactam (4-membered cyclic amide) rings is 1. The number of nitrogens with two attached hydrogens (primary N) is 1. The van der Waals surface area contributed by atoms with Gasteiger partial charge in [-0.25, -0.2) is 14.2 Å². The van der Waals surface area contributed by atoms with E-state index >= 15 is 0 Å². The van der Waals surface area contributed by atoms with Gasteiger partial charge in [-0.2, -0.15) is 9.36 Å². The van der Waals surface area contributed by atoms with Crippen LogP contribution in [0, 0.1) is 0 Å². The van der Waals surface area contributed by atoms with Crippen LogP contribution in [0.2, 0.25) is 0 Å². The van der Waals surface area contributed by atoms with Crippen LogP contribution in [0.25, 0.3) is 11.2 Å². The van der Waals surface area contributed by atoms with Crippen molar-refractivity contribution in [2.75, 3.05) is 31.3 Å². The third-order valence-corrected chi connectivity index (χ3v) is 10.6. The number of aryl methyl sites for hydroxylation is 1. The Morgan fingerprint density at radius 2 is 1.93 bits per heavy atom. The molecule has 2 unspecified atom stereocenters. The molecule has 0 spiro atoms. The number of fused-ring (bicyclic) bond motifs is 2. The highest BCUT2D eigenvalue weighted by atomic mass is 32.2. The van der Waals surface area contributed by atoms with Crippen molar-refractivity contribution in [2.45, 2.75) is 77.2 Å². The summed E-state index contributed by atoms with van der Waals surface area (Å²) in [5.41, 5.74) is 7.83. The fourth-order valence-electron chi connectivity index (χ4n) is 6.06. The zero-order valence-corrected chi connectivity index (χ0v) is 33.9. The third kappa shape index (κ3) is 9.69. The standard InChI is InChI=1S/C37H44N10O8S2/c1-6-54-43-26(29-41-35(57-44-29)42-36(51)55-37(2,3)4)31(48)40-27-32(49)47-28(34(50)53-19-22-11-13-24(52-5)14-12-22)23(20-56-33(27)47)18-46-21-45(17-8-7-15-38)25-10-9-16-39-30(25)46/h9-14,16,21,27,33H,6-8,15,17-20,38H2,1-5H3,(H-,40,41,42,44,48,51)/p+1/b43-26-. The average Bonchev–Trinajstić information content (AvgIpc) is 3.79.